The third kappa shape index (κ3) is 3.39. The number of nitrogens with zero attached hydrogens (tertiary/aromatic N) is 1. The second kappa shape index (κ2) is 6.31. The standard InChI is InChI=1S/C16H17ClF2N2O4S/c17-13-4-12(16(22)20-26(23,24)21-6-10(18)7-21)14(19)5-15(13)25-11-2-8-1-9(8)3-11/h4-5,8-11H,1-3,6-7H2,(H,20,22)/t8-,9+,11+. The Kier molecular flexibility index (Phi) is 4.36. The third-order valence-corrected chi connectivity index (χ3v) is 6.84. The molecule has 4 rings (SSSR count). The first-order valence-electron chi connectivity index (χ1n) is 8.35. The highest BCUT2D eigenvalue weighted by atomic mass is 35.5. The van der Waals surface area contributed by atoms with Crippen LogP contribution in [0.3, 0.4) is 0 Å². The number of rotatable bonds is 5. The molecule has 0 bridgehead atoms. The summed E-state index contributed by atoms with van der Waals surface area (Å²) in [5, 5.41) is 0.0299. The van der Waals surface area contributed by atoms with Crippen molar-refractivity contribution in [2.24, 2.45) is 11.8 Å². The zero-order chi connectivity index (χ0) is 18.6. The van der Waals surface area contributed by atoms with Crippen LogP contribution in [0.25, 0.3) is 0 Å². The molecule has 3 atom stereocenters. The summed E-state index contributed by atoms with van der Waals surface area (Å²) in [6.45, 7) is -0.663. The lowest BCUT2D eigenvalue weighted by molar-refractivity contribution is 0.0964. The van der Waals surface area contributed by atoms with Gasteiger partial charge in [0.05, 0.1) is 16.7 Å². The Bertz CT molecular complexity index is 850. The first kappa shape index (κ1) is 17.9. The van der Waals surface area contributed by atoms with Crippen LogP contribution in [0.4, 0.5) is 8.78 Å². The molecule has 10 heteroatoms. The zero-order valence-electron chi connectivity index (χ0n) is 13.6. The molecule has 1 heterocycles. The van der Waals surface area contributed by atoms with Crippen LogP contribution in [0.5, 0.6) is 5.75 Å². The summed E-state index contributed by atoms with van der Waals surface area (Å²) in [7, 11) is -4.21. The molecular formula is C16H17ClF2N2O4S. The number of fused-ring (bicyclic) bond motifs is 1. The average Bonchev–Trinajstić information content (AvgIpc) is 3.13. The first-order valence-corrected chi connectivity index (χ1v) is 10.2. The van der Waals surface area contributed by atoms with E-state index in [1.807, 2.05) is 0 Å². The summed E-state index contributed by atoms with van der Waals surface area (Å²) in [5.74, 6) is -0.598. The molecule has 142 valence electrons. The van der Waals surface area contributed by atoms with Crippen molar-refractivity contribution in [1.82, 2.24) is 9.03 Å². The van der Waals surface area contributed by atoms with Crippen LogP contribution >= 0.6 is 11.6 Å². The lowest BCUT2D eigenvalue weighted by Crippen LogP contribution is -2.56. The topological polar surface area (TPSA) is 75.7 Å². The minimum atomic E-state index is -4.21. The van der Waals surface area contributed by atoms with Crippen molar-refractivity contribution < 1.29 is 26.7 Å². The maximum absolute atomic E-state index is 14.3. The van der Waals surface area contributed by atoms with Gasteiger partial charge in [0, 0.05) is 19.2 Å². The second-order valence-electron chi connectivity index (χ2n) is 7.08. The van der Waals surface area contributed by atoms with Crippen LogP contribution in [0.2, 0.25) is 5.02 Å². The summed E-state index contributed by atoms with van der Waals surface area (Å²) in [6, 6.07) is 2.04. The molecule has 0 spiro atoms. The van der Waals surface area contributed by atoms with Crippen LogP contribution in [0.1, 0.15) is 29.6 Å². The van der Waals surface area contributed by atoms with E-state index >= 15 is 0 Å². The smallest absolute Gasteiger partial charge is 0.304 e. The molecule has 1 aliphatic heterocycles. The number of halogens is 3. The van der Waals surface area contributed by atoms with Crippen molar-refractivity contribution in [3.8, 4) is 5.75 Å². The predicted molar refractivity (Wildman–Crippen MR) is 89.5 cm³/mol. The summed E-state index contributed by atoms with van der Waals surface area (Å²) in [5.41, 5.74) is -0.516. The molecule has 0 aromatic heterocycles. The molecule has 2 aliphatic carbocycles. The Morgan fingerprint density at radius 3 is 2.50 bits per heavy atom. The van der Waals surface area contributed by atoms with E-state index in [9.17, 15) is 22.0 Å². The largest absolute Gasteiger partial charge is 0.489 e. The Morgan fingerprint density at radius 1 is 1.23 bits per heavy atom. The molecular weight excluding hydrogens is 390 g/mol. The number of carbonyl (C=O) groups is 1. The number of hydrogen-bond donors (Lipinski definition) is 1. The number of hydrogen-bond acceptors (Lipinski definition) is 4. The van der Waals surface area contributed by atoms with Crippen molar-refractivity contribution in [1.29, 1.82) is 0 Å². The van der Waals surface area contributed by atoms with Gasteiger partial charge in [0.25, 0.3) is 5.91 Å². The molecule has 0 unspecified atom stereocenters. The normalized spacial score (nSPS) is 28.3. The fraction of sp³-hybridized carbons (Fsp3) is 0.562. The minimum Gasteiger partial charge on any atom is -0.489 e. The lowest BCUT2D eigenvalue weighted by atomic mass is 10.1. The lowest BCUT2D eigenvalue weighted by Gasteiger charge is -2.32. The van der Waals surface area contributed by atoms with Crippen LogP contribution < -0.4 is 9.46 Å². The molecule has 1 aromatic rings. The van der Waals surface area contributed by atoms with Crippen molar-refractivity contribution >= 4 is 27.7 Å². The van der Waals surface area contributed by atoms with Gasteiger partial charge in [-0.3, -0.25) is 4.79 Å². The summed E-state index contributed by atoms with van der Waals surface area (Å²) >= 11 is 6.08. The monoisotopic (exact) mass is 406 g/mol. The number of amides is 1. The van der Waals surface area contributed by atoms with E-state index in [4.69, 9.17) is 16.3 Å². The van der Waals surface area contributed by atoms with Crippen LogP contribution in [-0.4, -0.2) is 44.0 Å². The minimum absolute atomic E-state index is 0.0178. The summed E-state index contributed by atoms with van der Waals surface area (Å²) in [4.78, 5) is 12.1. The molecule has 6 nitrogen and oxygen atoms in total. The first-order chi connectivity index (χ1) is 12.2. The van der Waals surface area contributed by atoms with Gasteiger partial charge in [-0.2, -0.15) is 12.7 Å². The van der Waals surface area contributed by atoms with Crippen LogP contribution in [0, 0.1) is 17.7 Å². The molecule has 1 aromatic carbocycles. The third-order valence-electron chi connectivity index (χ3n) is 5.13. The molecule has 1 saturated heterocycles. The van der Waals surface area contributed by atoms with Gasteiger partial charge in [0.2, 0.25) is 0 Å². The highest BCUT2D eigenvalue weighted by molar-refractivity contribution is 7.87. The van der Waals surface area contributed by atoms with Gasteiger partial charge in [0.15, 0.2) is 0 Å². The van der Waals surface area contributed by atoms with Gasteiger partial charge < -0.3 is 4.74 Å². The Balaban J connectivity index is 1.46. The molecule has 26 heavy (non-hydrogen) atoms. The van der Waals surface area contributed by atoms with E-state index in [1.54, 1.807) is 4.72 Å². The molecule has 2 saturated carbocycles. The van der Waals surface area contributed by atoms with Gasteiger partial charge in [-0.25, -0.2) is 13.5 Å². The van der Waals surface area contributed by atoms with E-state index in [0.717, 1.165) is 29.3 Å². The van der Waals surface area contributed by atoms with Crippen molar-refractivity contribution in [2.45, 2.75) is 31.5 Å². The van der Waals surface area contributed by atoms with E-state index in [0.29, 0.717) is 11.8 Å². The van der Waals surface area contributed by atoms with E-state index in [1.165, 1.54) is 6.42 Å². The van der Waals surface area contributed by atoms with Crippen LogP contribution in [-0.2, 0) is 10.2 Å². The second-order valence-corrected chi connectivity index (χ2v) is 9.16. The van der Waals surface area contributed by atoms with Gasteiger partial charge in [-0.15, -0.1) is 0 Å². The van der Waals surface area contributed by atoms with Gasteiger partial charge in [-0.1, -0.05) is 11.6 Å². The number of ether oxygens (including phenoxy) is 1. The molecule has 1 amide bonds. The van der Waals surface area contributed by atoms with Gasteiger partial charge >= 0.3 is 10.2 Å². The van der Waals surface area contributed by atoms with Crippen molar-refractivity contribution in [2.75, 3.05) is 13.1 Å². The molecule has 3 fully saturated rings. The SMILES string of the molecule is O=C(NS(=O)(=O)N1CC(F)C1)c1cc(Cl)c(O[C@@H]2C[C@@H]3C[C@@H]3C2)cc1F. The van der Waals surface area contributed by atoms with Crippen molar-refractivity contribution in [3.05, 3.63) is 28.5 Å². The zero-order valence-corrected chi connectivity index (χ0v) is 15.2. The maximum atomic E-state index is 14.3. The fourth-order valence-electron chi connectivity index (χ4n) is 3.55. The molecule has 0 radical (unpaired) electrons. The Morgan fingerprint density at radius 2 is 1.88 bits per heavy atom. The van der Waals surface area contributed by atoms with E-state index in [2.05, 4.69) is 0 Å². The Hall–Kier alpha value is -1.45. The summed E-state index contributed by atoms with van der Waals surface area (Å²) < 4.78 is 59.2. The number of nitrogens with one attached hydrogen (secondary N) is 1. The van der Waals surface area contributed by atoms with Gasteiger partial charge in [-0.05, 0) is 37.2 Å². The summed E-state index contributed by atoms with van der Waals surface area (Å²) in [6.07, 6.45) is 1.76. The Labute approximate surface area is 154 Å². The van der Waals surface area contributed by atoms with Crippen LogP contribution in [0.15, 0.2) is 12.1 Å². The highest BCUT2D eigenvalue weighted by Gasteiger charge is 2.47. The number of benzene rings is 1. The molecule has 3 aliphatic rings. The number of alkyl halides is 1. The molecule has 1 N–H and O–H groups in total. The van der Waals surface area contributed by atoms with Gasteiger partial charge in [0.1, 0.15) is 17.7 Å². The fourth-order valence-corrected chi connectivity index (χ4v) is 4.95. The average molecular weight is 407 g/mol. The number of carbonyl (C=O) groups excluding carboxylic acids is 1. The van der Waals surface area contributed by atoms with E-state index < -0.39 is 33.7 Å². The van der Waals surface area contributed by atoms with E-state index in [-0.39, 0.29) is 30.0 Å². The predicted octanol–water partition coefficient (Wildman–Crippen LogP) is 2.28. The maximum Gasteiger partial charge on any atom is 0.304 e. The quantitative estimate of drug-likeness (QED) is 0.814. The highest BCUT2D eigenvalue weighted by Crippen LogP contribution is 2.52. The van der Waals surface area contributed by atoms with Crippen molar-refractivity contribution in [3.63, 3.8) is 0 Å².